The summed E-state index contributed by atoms with van der Waals surface area (Å²) in [4.78, 5) is 7.91. The molecule has 1 heterocycles. The number of para-hydroxylation sites is 2. The van der Waals surface area contributed by atoms with E-state index in [0.717, 1.165) is 42.1 Å². The number of hydrogen-bond acceptors (Lipinski definition) is 3. The van der Waals surface area contributed by atoms with Crippen LogP contribution in [0.3, 0.4) is 0 Å². The standard InChI is InChI=1S/C17H19N3O/c1-21-14-6-4-5-13(11-14)12-18-10-9-17-19-15-7-2-3-8-16(15)20-17/h2-8,11,18H,9-10,12H2,1H3,(H,19,20). The van der Waals surface area contributed by atoms with Gasteiger partial charge in [-0.15, -0.1) is 0 Å². The number of nitrogens with one attached hydrogen (secondary N) is 2. The van der Waals surface area contributed by atoms with Gasteiger partial charge in [-0.05, 0) is 29.8 Å². The summed E-state index contributed by atoms with van der Waals surface area (Å²) in [7, 11) is 1.69. The lowest BCUT2D eigenvalue weighted by Gasteiger charge is -2.05. The smallest absolute Gasteiger partial charge is 0.119 e. The molecule has 0 bridgehead atoms. The molecule has 4 heteroatoms. The highest BCUT2D eigenvalue weighted by molar-refractivity contribution is 5.74. The minimum atomic E-state index is 0.831. The number of ether oxygens (including phenoxy) is 1. The fraction of sp³-hybridized carbons (Fsp3) is 0.235. The van der Waals surface area contributed by atoms with E-state index in [1.54, 1.807) is 7.11 Å². The van der Waals surface area contributed by atoms with Gasteiger partial charge in [0.15, 0.2) is 0 Å². The maximum atomic E-state index is 5.22. The van der Waals surface area contributed by atoms with Gasteiger partial charge in [0.25, 0.3) is 0 Å². The minimum absolute atomic E-state index is 0.831. The van der Waals surface area contributed by atoms with Crippen molar-refractivity contribution >= 4 is 11.0 Å². The predicted molar refractivity (Wildman–Crippen MR) is 84.5 cm³/mol. The number of nitrogens with zero attached hydrogens (tertiary/aromatic N) is 1. The first-order chi connectivity index (χ1) is 10.3. The van der Waals surface area contributed by atoms with Gasteiger partial charge in [0.05, 0.1) is 18.1 Å². The summed E-state index contributed by atoms with van der Waals surface area (Å²) in [5.41, 5.74) is 3.35. The van der Waals surface area contributed by atoms with Crippen molar-refractivity contribution in [2.75, 3.05) is 13.7 Å². The molecule has 0 unspecified atom stereocenters. The van der Waals surface area contributed by atoms with E-state index in [0.29, 0.717) is 0 Å². The molecule has 0 aliphatic rings. The van der Waals surface area contributed by atoms with Crippen LogP contribution in [0, 0.1) is 0 Å². The number of aromatic amines is 1. The third-order valence-corrected chi connectivity index (χ3v) is 3.44. The fourth-order valence-electron chi connectivity index (χ4n) is 2.35. The summed E-state index contributed by atoms with van der Waals surface area (Å²) in [6.45, 7) is 1.72. The quantitative estimate of drug-likeness (QED) is 0.683. The summed E-state index contributed by atoms with van der Waals surface area (Å²) in [5.74, 6) is 1.92. The molecule has 0 amide bonds. The number of aromatic nitrogens is 2. The Balaban J connectivity index is 1.51. The monoisotopic (exact) mass is 281 g/mol. The van der Waals surface area contributed by atoms with Gasteiger partial charge in [-0.25, -0.2) is 4.98 Å². The maximum absolute atomic E-state index is 5.22. The van der Waals surface area contributed by atoms with E-state index in [9.17, 15) is 0 Å². The number of imidazole rings is 1. The van der Waals surface area contributed by atoms with Gasteiger partial charge in [0, 0.05) is 19.5 Å². The lowest BCUT2D eigenvalue weighted by Crippen LogP contribution is -2.17. The highest BCUT2D eigenvalue weighted by Crippen LogP contribution is 2.12. The predicted octanol–water partition coefficient (Wildman–Crippen LogP) is 2.90. The zero-order chi connectivity index (χ0) is 14.5. The third kappa shape index (κ3) is 3.41. The van der Waals surface area contributed by atoms with Crippen molar-refractivity contribution < 1.29 is 4.74 Å². The molecule has 2 N–H and O–H groups in total. The molecule has 108 valence electrons. The second-order valence-corrected chi connectivity index (χ2v) is 4.98. The molecule has 0 saturated carbocycles. The van der Waals surface area contributed by atoms with Gasteiger partial charge in [-0.3, -0.25) is 0 Å². The van der Waals surface area contributed by atoms with Crippen LogP contribution in [0.2, 0.25) is 0 Å². The summed E-state index contributed by atoms with van der Waals surface area (Å²) in [6, 6.07) is 16.2. The molecular weight excluding hydrogens is 262 g/mol. The zero-order valence-electron chi connectivity index (χ0n) is 12.1. The summed E-state index contributed by atoms with van der Waals surface area (Å²) in [6.07, 6.45) is 0.888. The van der Waals surface area contributed by atoms with Crippen molar-refractivity contribution in [3.63, 3.8) is 0 Å². The molecule has 0 radical (unpaired) electrons. The minimum Gasteiger partial charge on any atom is -0.497 e. The molecule has 0 saturated heterocycles. The third-order valence-electron chi connectivity index (χ3n) is 3.44. The van der Waals surface area contributed by atoms with E-state index >= 15 is 0 Å². The maximum Gasteiger partial charge on any atom is 0.119 e. The number of H-pyrrole nitrogens is 1. The lowest BCUT2D eigenvalue weighted by molar-refractivity contribution is 0.414. The first kappa shape index (κ1) is 13.6. The van der Waals surface area contributed by atoms with E-state index in [1.165, 1.54) is 5.56 Å². The SMILES string of the molecule is COc1cccc(CNCCc2nc3ccccc3[nH]2)c1. The lowest BCUT2D eigenvalue weighted by atomic mass is 10.2. The van der Waals surface area contributed by atoms with Crippen molar-refractivity contribution in [1.82, 2.24) is 15.3 Å². The van der Waals surface area contributed by atoms with Gasteiger partial charge < -0.3 is 15.0 Å². The number of benzene rings is 2. The average molecular weight is 281 g/mol. The van der Waals surface area contributed by atoms with Crippen LogP contribution in [0.5, 0.6) is 5.75 Å². The Morgan fingerprint density at radius 2 is 2.05 bits per heavy atom. The van der Waals surface area contributed by atoms with Gasteiger partial charge >= 0.3 is 0 Å². The largest absolute Gasteiger partial charge is 0.497 e. The van der Waals surface area contributed by atoms with E-state index in [-0.39, 0.29) is 0 Å². The van der Waals surface area contributed by atoms with E-state index < -0.39 is 0 Å². The average Bonchev–Trinajstić information content (AvgIpc) is 2.94. The molecule has 0 spiro atoms. The van der Waals surface area contributed by atoms with Crippen LogP contribution in [0.25, 0.3) is 11.0 Å². The molecule has 0 atom stereocenters. The van der Waals surface area contributed by atoms with Crippen LogP contribution < -0.4 is 10.1 Å². The van der Waals surface area contributed by atoms with Crippen molar-refractivity contribution in [1.29, 1.82) is 0 Å². The van der Waals surface area contributed by atoms with Crippen LogP contribution in [0.1, 0.15) is 11.4 Å². The number of fused-ring (bicyclic) bond motifs is 1. The number of methoxy groups -OCH3 is 1. The highest BCUT2D eigenvalue weighted by Gasteiger charge is 2.01. The molecule has 3 rings (SSSR count). The fourth-order valence-corrected chi connectivity index (χ4v) is 2.35. The normalized spacial score (nSPS) is 10.9. The molecule has 3 aromatic rings. The zero-order valence-corrected chi connectivity index (χ0v) is 12.1. The van der Waals surface area contributed by atoms with Crippen LogP contribution in [0.4, 0.5) is 0 Å². The van der Waals surface area contributed by atoms with Crippen LogP contribution >= 0.6 is 0 Å². The topological polar surface area (TPSA) is 49.9 Å². The van der Waals surface area contributed by atoms with E-state index in [4.69, 9.17) is 4.74 Å². The molecule has 2 aromatic carbocycles. The van der Waals surface area contributed by atoms with Crippen molar-refractivity contribution in [2.45, 2.75) is 13.0 Å². The molecular formula is C17H19N3O. The highest BCUT2D eigenvalue weighted by atomic mass is 16.5. The van der Waals surface area contributed by atoms with Gasteiger partial charge in [-0.1, -0.05) is 24.3 Å². The Labute approximate surface area is 124 Å². The van der Waals surface area contributed by atoms with E-state index in [2.05, 4.69) is 27.4 Å². The first-order valence-corrected chi connectivity index (χ1v) is 7.12. The Morgan fingerprint density at radius 3 is 2.90 bits per heavy atom. The van der Waals surface area contributed by atoms with Crippen molar-refractivity contribution in [3.8, 4) is 5.75 Å². The molecule has 0 aliphatic carbocycles. The van der Waals surface area contributed by atoms with Crippen LogP contribution in [-0.4, -0.2) is 23.6 Å². The molecule has 21 heavy (non-hydrogen) atoms. The molecule has 1 aromatic heterocycles. The summed E-state index contributed by atoms with van der Waals surface area (Å²) < 4.78 is 5.22. The van der Waals surface area contributed by atoms with Crippen LogP contribution in [0.15, 0.2) is 48.5 Å². The summed E-state index contributed by atoms with van der Waals surface area (Å²) >= 11 is 0. The van der Waals surface area contributed by atoms with Crippen LogP contribution in [-0.2, 0) is 13.0 Å². The Kier molecular flexibility index (Phi) is 4.17. The van der Waals surface area contributed by atoms with Gasteiger partial charge in [-0.2, -0.15) is 0 Å². The van der Waals surface area contributed by atoms with Crippen molar-refractivity contribution in [3.05, 3.63) is 59.9 Å². The Bertz CT molecular complexity index is 688. The first-order valence-electron chi connectivity index (χ1n) is 7.12. The number of hydrogen-bond donors (Lipinski definition) is 2. The van der Waals surface area contributed by atoms with Crippen molar-refractivity contribution in [2.24, 2.45) is 0 Å². The molecule has 0 fully saturated rings. The van der Waals surface area contributed by atoms with Gasteiger partial charge in [0.2, 0.25) is 0 Å². The number of rotatable bonds is 6. The van der Waals surface area contributed by atoms with E-state index in [1.807, 2.05) is 36.4 Å². The van der Waals surface area contributed by atoms with Gasteiger partial charge in [0.1, 0.15) is 11.6 Å². The Morgan fingerprint density at radius 1 is 1.14 bits per heavy atom. The second kappa shape index (κ2) is 6.41. The molecule has 4 nitrogen and oxygen atoms in total. The Hall–Kier alpha value is -2.33. The second-order valence-electron chi connectivity index (χ2n) is 4.98. The molecule has 0 aliphatic heterocycles. The summed E-state index contributed by atoms with van der Waals surface area (Å²) in [5, 5.41) is 3.43.